The van der Waals surface area contributed by atoms with Crippen molar-refractivity contribution in [2.24, 2.45) is 0 Å². The first-order chi connectivity index (χ1) is 17.8. The quantitative estimate of drug-likeness (QED) is 0.440. The van der Waals surface area contributed by atoms with Crippen LogP contribution in [0.2, 0.25) is 0 Å². The van der Waals surface area contributed by atoms with E-state index < -0.39 is 5.54 Å². The molecular formula is C26H28N8O3. The van der Waals surface area contributed by atoms with Crippen LogP contribution in [0.3, 0.4) is 0 Å². The third-order valence-corrected chi connectivity index (χ3v) is 6.78. The Hall–Kier alpha value is -4.54. The van der Waals surface area contributed by atoms with Crippen molar-refractivity contribution in [3.8, 4) is 0 Å². The Kier molecular flexibility index (Phi) is 6.43. The van der Waals surface area contributed by atoms with E-state index >= 15 is 0 Å². The number of aromatic nitrogens is 3. The number of nitrogens with zero attached hydrogens (tertiary/aromatic N) is 5. The fraction of sp³-hybridized carbons (Fsp3) is 0.308. The van der Waals surface area contributed by atoms with Gasteiger partial charge in [0.15, 0.2) is 0 Å². The van der Waals surface area contributed by atoms with Crippen molar-refractivity contribution in [2.75, 3.05) is 28.6 Å². The van der Waals surface area contributed by atoms with Crippen LogP contribution < -0.4 is 20.9 Å². The smallest absolute Gasteiger partial charge is 0.325 e. The molecule has 0 unspecified atom stereocenters. The van der Waals surface area contributed by atoms with E-state index in [-0.39, 0.29) is 24.4 Å². The van der Waals surface area contributed by atoms with E-state index in [1.54, 1.807) is 0 Å². The Morgan fingerprint density at radius 2 is 1.76 bits per heavy atom. The Morgan fingerprint density at radius 3 is 2.49 bits per heavy atom. The lowest BCUT2D eigenvalue weighted by atomic mass is 9.87. The summed E-state index contributed by atoms with van der Waals surface area (Å²) in [7, 11) is 0. The van der Waals surface area contributed by atoms with Crippen molar-refractivity contribution in [2.45, 2.75) is 38.8 Å². The number of hydrogen-bond donors (Lipinski definition) is 3. The van der Waals surface area contributed by atoms with Gasteiger partial charge in [0.25, 0.3) is 5.91 Å². The number of urea groups is 1. The van der Waals surface area contributed by atoms with E-state index in [1.165, 1.54) is 18.2 Å². The van der Waals surface area contributed by atoms with Gasteiger partial charge in [0, 0.05) is 31.4 Å². The molecule has 0 atom stereocenters. The first-order valence-electron chi connectivity index (χ1n) is 12.1. The van der Waals surface area contributed by atoms with Gasteiger partial charge < -0.3 is 20.9 Å². The molecular weight excluding hydrogens is 472 g/mol. The zero-order chi connectivity index (χ0) is 26.0. The number of carbonyl (C=O) groups is 3. The molecule has 4 amide bonds. The van der Waals surface area contributed by atoms with Gasteiger partial charge in [-0.25, -0.2) is 14.8 Å². The molecule has 0 radical (unpaired) electrons. The Balaban J connectivity index is 1.26. The van der Waals surface area contributed by atoms with Gasteiger partial charge in [-0.2, -0.15) is 4.98 Å². The fourth-order valence-electron chi connectivity index (χ4n) is 4.73. The van der Waals surface area contributed by atoms with E-state index in [4.69, 9.17) is 0 Å². The summed E-state index contributed by atoms with van der Waals surface area (Å²) in [5.74, 6) is 0.521. The average Bonchev–Trinajstić information content (AvgIpc) is 3.11. The first kappa shape index (κ1) is 24.2. The highest BCUT2D eigenvalue weighted by molar-refractivity contribution is 6.07. The number of amides is 4. The normalized spacial score (nSPS) is 16.6. The van der Waals surface area contributed by atoms with Gasteiger partial charge in [-0.1, -0.05) is 36.4 Å². The highest BCUT2D eigenvalue weighted by atomic mass is 16.2. The first-order valence-corrected chi connectivity index (χ1v) is 12.1. The Morgan fingerprint density at radius 1 is 1.03 bits per heavy atom. The van der Waals surface area contributed by atoms with Gasteiger partial charge in [-0.3, -0.25) is 14.5 Å². The highest BCUT2D eigenvalue weighted by Gasteiger charge is 2.52. The van der Waals surface area contributed by atoms with Crippen molar-refractivity contribution in [1.82, 2.24) is 25.2 Å². The Labute approximate surface area is 214 Å². The second kappa shape index (κ2) is 9.84. The molecule has 1 aromatic heterocycles. The van der Waals surface area contributed by atoms with Crippen LogP contribution in [0.4, 0.5) is 28.1 Å². The van der Waals surface area contributed by atoms with Crippen molar-refractivity contribution in [3.05, 3.63) is 66.0 Å². The van der Waals surface area contributed by atoms with Gasteiger partial charge in [-0.15, -0.1) is 0 Å². The second-order valence-corrected chi connectivity index (χ2v) is 9.27. The van der Waals surface area contributed by atoms with Crippen LogP contribution in [0.1, 0.15) is 30.9 Å². The summed E-state index contributed by atoms with van der Waals surface area (Å²) in [5.41, 5.74) is 2.33. The molecule has 11 nitrogen and oxygen atoms in total. The summed E-state index contributed by atoms with van der Waals surface area (Å²) in [4.78, 5) is 53.8. The summed E-state index contributed by atoms with van der Waals surface area (Å²) >= 11 is 0. The lowest BCUT2D eigenvalue weighted by molar-refractivity contribution is -0.132. The molecule has 0 aliphatic carbocycles. The summed E-state index contributed by atoms with van der Waals surface area (Å²) < 4.78 is 0. The maximum Gasteiger partial charge on any atom is 0.325 e. The van der Waals surface area contributed by atoms with Crippen molar-refractivity contribution >= 4 is 41.1 Å². The molecule has 2 fully saturated rings. The molecule has 2 aliphatic heterocycles. The van der Waals surface area contributed by atoms with E-state index in [0.717, 1.165) is 16.8 Å². The zero-order valence-electron chi connectivity index (χ0n) is 20.7. The third-order valence-electron chi connectivity index (χ3n) is 6.78. The van der Waals surface area contributed by atoms with Crippen LogP contribution >= 0.6 is 0 Å². The predicted molar refractivity (Wildman–Crippen MR) is 138 cm³/mol. The van der Waals surface area contributed by atoms with E-state index in [2.05, 4.69) is 30.9 Å². The number of nitrogens with one attached hydrogen (secondary N) is 3. The van der Waals surface area contributed by atoms with E-state index in [9.17, 15) is 14.4 Å². The zero-order valence-corrected chi connectivity index (χ0v) is 20.7. The molecule has 2 saturated heterocycles. The molecule has 11 heteroatoms. The standard InChI is InChI=1S/C26H28N8O3/c1-17-20(29-18(2)35)9-6-10-21(17)30-23-27-16-28-24(31-23)33-13-11-26(12-14-33)22(36)34(25(37)32-26)15-19-7-4-3-5-8-19/h3-10,16H,11-15H2,1-2H3,(H,29,35)(H,32,37)(H,27,28,30,31). The minimum Gasteiger partial charge on any atom is -0.340 e. The second-order valence-electron chi connectivity index (χ2n) is 9.27. The summed E-state index contributed by atoms with van der Waals surface area (Å²) in [6.45, 7) is 4.62. The maximum atomic E-state index is 13.3. The highest BCUT2D eigenvalue weighted by Crippen LogP contribution is 2.32. The van der Waals surface area contributed by atoms with Crippen LogP contribution in [-0.4, -0.2) is 56.3 Å². The van der Waals surface area contributed by atoms with Crippen LogP contribution in [0.25, 0.3) is 0 Å². The molecule has 5 rings (SSSR count). The molecule has 2 aliphatic rings. The fourth-order valence-corrected chi connectivity index (χ4v) is 4.73. The third kappa shape index (κ3) is 4.92. The number of hydrogen-bond acceptors (Lipinski definition) is 8. The van der Waals surface area contributed by atoms with Crippen LogP contribution in [-0.2, 0) is 16.1 Å². The molecule has 1 spiro atoms. The van der Waals surface area contributed by atoms with Gasteiger partial charge in [0.05, 0.1) is 6.54 Å². The minimum absolute atomic E-state index is 0.148. The lowest BCUT2D eigenvalue weighted by Crippen LogP contribution is -2.55. The summed E-state index contributed by atoms with van der Waals surface area (Å²) in [6.07, 6.45) is 2.34. The number of imide groups is 1. The van der Waals surface area contributed by atoms with E-state index in [0.29, 0.717) is 43.5 Å². The lowest BCUT2D eigenvalue weighted by Gasteiger charge is -2.37. The number of benzene rings is 2. The summed E-state index contributed by atoms with van der Waals surface area (Å²) in [6, 6.07) is 14.7. The van der Waals surface area contributed by atoms with Crippen molar-refractivity contribution < 1.29 is 14.4 Å². The van der Waals surface area contributed by atoms with E-state index in [1.807, 2.05) is 60.4 Å². The molecule has 3 heterocycles. The molecule has 0 saturated carbocycles. The molecule has 3 aromatic rings. The van der Waals surface area contributed by atoms with Crippen LogP contribution in [0.15, 0.2) is 54.9 Å². The molecule has 3 N–H and O–H groups in total. The average molecular weight is 501 g/mol. The monoisotopic (exact) mass is 500 g/mol. The topological polar surface area (TPSA) is 132 Å². The molecule has 190 valence electrons. The number of carbonyl (C=O) groups excluding carboxylic acids is 3. The summed E-state index contributed by atoms with van der Waals surface area (Å²) in [5, 5.41) is 8.95. The minimum atomic E-state index is -0.905. The molecule has 2 aromatic carbocycles. The number of rotatable bonds is 6. The largest absolute Gasteiger partial charge is 0.340 e. The van der Waals surface area contributed by atoms with Gasteiger partial charge in [0.2, 0.25) is 17.8 Å². The van der Waals surface area contributed by atoms with Crippen LogP contribution in [0, 0.1) is 6.92 Å². The number of anilines is 4. The van der Waals surface area contributed by atoms with Gasteiger partial charge >= 0.3 is 6.03 Å². The predicted octanol–water partition coefficient (Wildman–Crippen LogP) is 2.97. The SMILES string of the molecule is CC(=O)Nc1cccc(Nc2ncnc(N3CCC4(CC3)NC(=O)N(Cc3ccccc3)C4=O)n2)c1C. The molecule has 37 heavy (non-hydrogen) atoms. The Bertz CT molecular complexity index is 1340. The number of piperidine rings is 1. The van der Waals surface area contributed by atoms with Crippen LogP contribution in [0.5, 0.6) is 0 Å². The van der Waals surface area contributed by atoms with Crippen molar-refractivity contribution in [1.29, 1.82) is 0 Å². The van der Waals surface area contributed by atoms with Gasteiger partial charge in [-0.05, 0) is 43.0 Å². The van der Waals surface area contributed by atoms with Gasteiger partial charge in [0.1, 0.15) is 11.9 Å². The molecule has 0 bridgehead atoms. The maximum absolute atomic E-state index is 13.3. The van der Waals surface area contributed by atoms with Crippen molar-refractivity contribution in [3.63, 3.8) is 0 Å².